The molecule has 2 fully saturated rings. The molecule has 1 aromatic carbocycles. The molecule has 1 unspecified atom stereocenters. The van der Waals surface area contributed by atoms with E-state index in [0.29, 0.717) is 18.8 Å². The van der Waals surface area contributed by atoms with E-state index in [-0.39, 0.29) is 62.8 Å². The standard InChI is InChI=1S/C25H29N4O4.Y/c1-17-23-24(27-15-26-17)29(16-28-23)21-11-19(13-32-22-9-5-6-10-31-22)20(12-21)14-33-25(30)18-7-3-2-4-8-18;/h2-4,7-8,16,19-22H,5-6,9-14H2,1H3;/q-1;/t19-,20+,21-,22?;/m0./s1. The van der Waals surface area contributed by atoms with Gasteiger partial charge in [0.2, 0.25) is 0 Å². The second-order valence-corrected chi connectivity index (χ2v) is 8.97. The molecule has 5 rings (SSSR count). The Bertz CT molecular complexity index is 1090. The third-order valence-electron chi connectivity index (χ3n) is 6.77. The first-order chi connectivity index (χ1) is 16.2. The van der Waals surface area contributed by atoms with Gasteiger partial charge in [0.1, 0.15) is 0 Å². The van der Waals surface area contributed by atoms with Crippen molar-refractivity contribution in [3.63, 3.8) is 0 Å². The van der Waals surface area contributed by atoms with Gasteiger partial charge in [-0.1, -0.05) is 25.1 Å². The molecule has 3 heterocycles. The Kier molecular flexibility index (Phi) is 8.80. The summed E-state index contributed by atoms with van der Waals surface area (Å²) in [6.45, 7) is 3.61. The van der Waals surface area contributed by atoms with E-state index in [1.54, 1.807) is 12.1 Å². The topological polar surface area (TPSA) is 88.4 Å². The van der Waals surface area contributed by atoms with Gasteiger partial charge in [-0.15, -0.1) is 0 Å². The fourth-order valence-electron chi connectivity index (χ4n) is 4.92. The Morgan fingerprint density at radius 2 is 1.94 bits per heavy atom. The second-order valence-electron chi connectivity index (χ2n) is 8.97. The molecule has 0 amide bonds. The van der Waals surface area contributed by atoms with Crippen LogP contribution in [-0.4, -0.2) is 51.6 Å². The van der Waals surface area contributed by atoms with Gasteiger partial charge in [0.15, 0.2) is 6.29 Å². The molecule has 1 saturated heterocycles. The summed E-state index contributed by atoms with van der Waals surface area (Å²) in [4.78, 5) is 25.5. The maximum Gasteiger partial charge on any atom is 0.338 e. The molecule has 8 nitrogen and oxygen atoms in total. The van der Waals surface area contributed by atoms with Crippen LogP contribution in [0.15, 0.2) is 36.7 Å². The molecule has 1 radical (unpaired) electrons. The molecule has 2 aliphatic rings. The van der Waals surface area contributed by atoms with Crippen molar-refractivity contribution in [1.82, 2.24) is 19.5 Å². The van der Waals surface area contributed by atoms with Gasteiger partial charge in [0.25, 0.3) is 0 Å². The molecule has 0 bridgehead atoms. The van der Waals surface area contributed by atoms with E-state index >= 15 is 0 Å². The number of esters is 1. The number of hydrogen-bond donors (Lipinski definition) is 0. The number of imidazole rings is 1. The first-order valence-electron chi connectivity index (χ1n) is 11.7. The number of ether oxygens (including phenoxy) is 3. The van der Waals surface area contributed by atoms with Crippen molar-refractivity contribution in [3.05, 3.63) is 54.2 Å². The van der Waals surface area contributed by atoms with Crippen LogP contribution in [0.2, 0.25) is 0 Å². The maximum atomic E-state index is 12.5. The summed E-state index contributed by atoms with van der Waals surface area (Å²) < 4.78 is 19.7. The summed E-state index contributed by atoms with van der Waals surface area (Å²) in [7, 11) is 0. The molecular formula is C25H29N4O4Y-. The van der Waals surface area contributed by atoms with E-state index in [4.69, 9.17) is 14.2 Å². The van der Waals surface area contributed by atoms with Gasteiger partial charge in [-0.05, 0) is 55.8 Å². The van der Waals surface area contributed by atoms with E-state index in [0.717, 1.165) is 55.6 Å². The number of rotatable bonds is 7. The van der Waals surface area contributed by atoms with E-state index in [1.807, 2.05) is 31.5 Å². The van der Waals surface area contributed by atoms with Crippen molar-refractivity contribution in [2.24, 2.45) is 11.8 Å². The van der Waals surface area contributed by atoms with Crippen molar-refractivity contribution in [1.29, 1.82) is 0 Å². The summed E-state index contributed by atoms with van der Waals surface area (Å²) in [5.74, 6) is 0.129. The van der Waals surface area contributed by atoms with Crippen LogP contribution in [0.1, 0.15) is 54.2 Å². The van der Waals surface area contributed by atoms with Crippen LogP contribution in [0.5, 0.6) is 0 Å². The van der Waals surface area contributed by atoms with Gasteiger partial charge in [0.05, 0.1) is 25.1 Å². The minimum atomic E-state index is -0.291. The molecule has 4 atom stereocenters. The first kappa shape index (κ1) is 25.4. The Balaban J connectivity index is 0.00000274. The summed E-state index contributed by atoms with van der Waals surface area (Å²) in [6, 6.07) is 9.31. The van der Waals surface area contributed by atoms with Gasteiger partial charge in [0, 0.05) is 68.8 Å². The van der Waals surface area contributed by atoms with Crippen LogP contribution in [0.25, 0.3) is 11.2 Å². The van der Waals surface area contributed by atoms with Crippen LogP contribution < -0.4 is 0 Å². The summed E-state index contributed by atoms with van der Waals surface area (Å²) in [5.41, 5.74) is 2.99. The van der Waals surface area contributed by atoms with Crippen molar-refractivity contribution in [3.8, 4) is 0 Å². The van der Waals surface area contributed by atoms with E-state index < -0.39 is 0 Å². The number of hydrogen-bond acceptors (Lipinski definition) is 7. The fourth-order valence-corrected chi connectivity index (χ4v) is 4.92. The Morgan fingerprint density at radius 1 is 1.15 bits per heavy atom. The Hall–Kier alpha value is -1.74. The third-order valence-corrected chi connectivity index (χ3v) is 6.77. The normalized spacial score (nSPS) is 24.6. The van der Waals surface area contributed by atoms with Crippen LogP contribution in [0.3, 0.4) is 0 Å². The van der Waals surface area contributed by atoms with E-state index in [9.17, 15) is 4.79 Å². The van der Waals surface area contributed by atoms with Crippen LogP contribution in [0.4, 0.5) is 0 Å². The van der Waals surface area contributed by atoms with Gasteiger partial charge >= 0.3 is 5.97 Å². The SMILES string of the molecule is Cc1n[c-]nc2c1ncn2[C@H]1C[C@@H](COC2CCCCO2)[C@@H](COC(=O)c2ccccc2)C1.[Y]. The molecule has 1 saturated carbocycles. The molecule has 9 heteroatoms. The summed E-state index contributed by atoms with van der Waals surface area (Å²) in [5, 5.41) is 0. The molecular weight excluding hydrogens is 509 g/mol. The molecule has 1 aliphatic heterocycles. The molecule has 34 heavy (non-hydrogen) atoms. The van der Waals surface area contributed by atoms with Crippen LogP contribution >= 0.6 is 0 Å². The zero-order valence-electron chi connectivity index (χ0n) is 19.4. The number of aromatic nitrogens is 4. The third kappa shape index (κ3) is 5.73. The quantitative estimate of drug-likeness (QED) is 0.333. The van der Waals surface area contributed by atoms with Crippen LogP contribution in [-0.2, 0) is 46.9 Å². The van der Waals surface area contributed by atoms with Crippen molar-refractivity contribution in [2.75, 3.05) is 19.8 Å². The number of benzene rings is 1. The predicted molar refractivity (Wildman–Crippen MR) is 120 cm³/mol. The zero-order valence-corrected chi connectivity index (χ0v) is 22.3. The number of nitrogens with zero attached hydrogens (tertiary/aromatic N) is 4. The molecule has 1 aliphatic carbocycles. The van der Waals surface area contributed by atoms with Gasteiger partial charge < -0.3 is 28.7 Å². The van der Waals surface area contributed by atoms with Gasteiger partial charge in [-0.25, -0.2) is 4.79 Å². The number of carbonyl (C=O) groups is 1. The zero-order chi connectivity index (χ0) is 22.6. The molecule has 0 N–H and O–H groups in total. The minimum absolute atomic E-state index is 0. The predicted octanol–water partition coefficient (Wildman–Crippen LogP) is 3.90. The molecule has 2 aromatic heterocycles. The average molecular weight is 538 g/mol. The number of aryl methyl sites for hydroxylation is 1. The Morgan fingerprint density at radius 3 is 2.71 bits per heavy atom. The molecule has 177 valence electrons. The number of fused-ring (bicyclic) bond motifs is 1. The second kappa shape index (κ2) is 11.8. The van der Waals surface area contributed by atoms with Gasteiger partial charge in [-0.3, -0.25) is 4.98 Å². The largest absolute Gasteiger partial charge is 0.462 e. The molecule has 3 aromatic rings. The monoisotopic (exact) mass is 538 g/mol. The first-order valence-corrected chi connectivity index (χ1v) is 11.7. The van der Waals surface area contributed by atoms with Crippen molar-refractivity contribution < 1.29 is 51.7 Å². The fraction of sp³-hybridized carbons (Fsp3) is 0.520. The van der Waals surface area contributed by atoms with Crippen LogP contribution in [0, 0.1) is 25.1 Å². The smallest absolute Gasteiger partial charge is 0.338 e. The van der Waals surface area contributed by atoms with Gasteiger partial charge in [-0.2, -0.15) is 0 Å². The van der Waals surface area contributed by atoms with Crippen molar-refractivity contribution in [2.45, 2.75) is 51.4 Å². The maximum absolute atomic E-state index is 12.5. The van der Waals surface area contributed by atoms with E-state index in [2.05, 4.69) is 25.8 Å². The minimum Gasteiger partial charge on any atom is -0.462 e. The summed E-state index contributed by atoms with van der Waals surface area (Å²) >= 11 is 0. The Labute approximate surface area is 224 Å². The average Bonchev–Trinajstić information content (AvgIpc) is 3.47. The number of carbonyl (C=O) groups excluding carboxylic acids is 1. The van der Waals surface area contributed by atoms with Crippen molar-refractivity contribution >= 4 is 17.1 Å². The van der Waals surface area contributed by atoms with E-state index in [1.165, 1.54) is 0 Å². The molecule has 0 spiro atoms. The summed E-state index contributed by atoms with van der Waals surface area (Å²) in [6.07, 6.45) is 9.35.